The van der Waals surface area contributed by atoms with E-state index >= 15 is 0 Å². The van der Waals surface area contributed by atoms with E-state index in [1.165, 1.54) is 27.7 Å². The van der Waals surface area contributed by atoms with E-state index in [0.29, 0.717) is 6.92 Å². The topological polar surface area (TPSA) is 51.2 Å². The fourth-order valence-corrected chi connectivity index (χ4v) is 0. The van der Waals surface area contributed by atoms with Gasteiger partial charge in [0.15, 0.2) is 0 Å². The van der Waals surface area contributed by atoms with E-state index < -0.39 is 12.0 Å². The number of carbonyl (C=O) groups excluding carboxylic acids is 3. The number of halogens is 3. The van der Waals surface area contributed by atoms with Crippen LogP contribution in [0.2, 0.25) is 0 Å². The van der Waals surface area contributed by atoms with Crippen molar-refractivity contribution >= 4 is 17.3 Å². The molecule has 0 heterocycles. The third kappa shape index (κ3) is 68.1. The summed E-state index contributed by atoms with van der Waals surface area (Å²) in [7, 11) is 0. The molecule has 0 aliphatic carbocycles. The third-order valence-corrected chi connectivity index (χ3v) is 0.399. The Hall–Kier alpha value is -0.317. The molecular weight excluding hydrogens is 304 g/mol. The van der Waals surface area contributed by atoms with E-state index in [2.05, 4.69) is 0 Å². The van der Waals surface area contributed by atoms with Crippen molar-refractivity contribution in [3.8, 4) is 0 Å². The number of ketones is 3. The second-order valence-electron chi connectivity index (χ2n) is 2.87. The molecule has 0 aromatic carbocycles. The molecule has 0 aromatic rings. The van der Waals surface area contributed by atoms with Crippen molar-refractivity contribution in [3.05, 3.63) is 0 Å². The summed E-state index contributed by atoms with van der Waals surface area (Å²) in [5.41, 5.74) is 0. The molecule has 90 valence electrons. The van der Waals surface area contributed by atoms with Crippen LogP contribution in [-0.4, -0.2) is 23.5 Å². The van der Waals surface area contributed by atoms with Crippen molar-refractivity contribution in [3.63, 3.8) is 0 Å². The van der Waals surface area contributed by atoms with Gasteiger partial charge in [-0.3, -0.25) is 4.79 Å². The summed E-state index contributed by atoms with van der Waals surface area (Å²) in [6, 6.07) is 0. The van der Waals surface area contributed by atoms with Gasteiger partial charge in [0.1, 0.15) is 11.6 Å². The van der Waals surface area contributed by atoms with Crippen molar-refractivity contribution in [2.24, 2.45) is 0 Å². The molecule has 0 radical (unpaired) electrons. The molecule has 0 N–H and O–H groups in total. The molecule has 0 aliphatic rings. The predicted molar refractivity (Wildman–Crippen MR) is 49.4 cm³/mol. The van der Waals surface area contributed by atoms with Crippen molar-refractivity contribution in [2.45, 2.75) is 40.8 Å². The zero-order valence-electron chi connectivity index (χ0n) is 9.86. The predicted octanol–water partition coefficient (Wildman–Crippen LogP) is 2.33. The molecule has 0 atom stereocenters. The van der Waals surface area contributed by atoms with Crippen LogP contribution in [0.1, 0.15) is 34.6 Å². The summed E-state index contributed by atoms with van der Waals surface area (Å²) in [4.78, 5) is 28.2. The van der Waals surface area contributed by atoms with E-state index in [1.54, 1.807) is 0 Å². The van der Waals surface area contributed by atoms with E-state index in [4.69, 9.17) is 0 Å². The number of carbonyl (C=O) groups is 3. The normalized spacial score (nSPS) is 8.25. The van der Waals surface area contributed by atoms with Crippen LogP contribution in [0.25, 0.3) is 0 Å². The molecule has 7 heteroatoms. The average molecular weight is 319 g/mol. The minimum absolute atomic E-state index is 0. The summed E-state index contributed by atoms with van der Waals surface area (Å²) in [6.07, 6.45) is -4.64. The Bertz CT molecular complexity index is 205. The minimum Gasteiger partial charge on any atom is -0.300 e. The molecule has 0 fully saturated rings. The van der Waals surface area contributed by atoms with Crippen molar-refractivity contribution in [1.29, 1.82) is 0 Å². The van der Waals surface area contributed by atoms with Crippen molar-refractivity contribution in [1.82, 2.24) is 0 Å². The standard InChI is InChI=1S/C3H3F3O.2C3H6O.Zr/c1-2(7)3(4,5)6;2*1-3(2)4;/h1H3;2*1-2H3;/q;;;+4. The molecule has 3 nitrogen and oxygen atoms in total. The van der Waals surface area contributed by atoms with Gasteiger partial charge in [-0.2, -0.15) is 13.2 Å². The molecule has 0 aliphatic heterocycles. The molecule has 16 heavy (non-hydrogen) atoms. The number of Topliss-reactive ketones (excluding diaryl/α,β-unsaturated/α-hetero) is 3. The maximum atomic E-state index is 10.8. The molecule has 0 rings (SSSR count). The SMILES string of the molecule is CC(=O)C(F)(F)F.CC(C)=O.CC(C)=O.[Zr+4]. The first-order valence-corrected chi connectivity index (χ1v) is 3.93. The Morgan fingerprint density at radius 3 is 0.812 bits per heavy atom. The zero-order chi connectivity index (χ0) is 13.2. The Labute approximate surface area is 112 Å². The number of hydrogen-bond donors (Lipinski definition) is 0. The van der Waals surface area contributed by atoms with Gasteiger partial charge in [0.05, 0.1) is 0 Å². The van der Waals surface area contributed by atoms with Gasteiger partial charge >= 0.3 is 32.4 Å². The summed E-state index contributed by atoms with van der Waals surface area (Å²) in [6.45, 7) is 6.60. The molecule has 0 saturated carbocycles. The van der Waals surface area contributed by atoms with Crippen LogP contribution in [0.3, 0.4) is 0 Å². The molecular formula is C9H15F3O3Zr+4. The minimum atomic E-state index is -4.64. The van der Waals surface area contributed by atoms with E-state index in [1.807, 2.05) is 0 Å². The number of alkyl halides is 3. The van der Waals surface area contributed by atoms with E-state index in [0.717, 1.165) is 0 Å². The van der Waals surface area contributed by atoms with E-state index in [9.17, 15) is 27.6 Å². The maximum Gasteiger partial charge on any atom is 4.00 e. The van der Waals surface area contributed by atoms with Gasteiger partial charge in [0, 0.05) is 6.92 Å². The van der Waals surface area contributed by atoms with Crippen LogP contribution in [0.15, 0.2) is 0 Å². The molecule has 0 amide bonds. The first kappa shape index (κ1) is 24.8. The summed E-state index contributed by atoms with van der Waals surface area (Å²) in [5, 5.41) is 0. The number of rotatable bonds is 0. The fourth-order valence-electron chi connectivity index (χ4n) is 0. The molecule has 0 aromatic heterocycles. The fraction of sp³-hybridized carbons (Fsp3) is 0.667. The Morgan fingerprint density at radius 1 is 0.750 bits per heavy atom. The molecule has 0 unspecified atom stereocenters. The Balaban J connectivity index is -0.0000000700. The zero-order valence-corrected chi connectivity index (χ0v) is 12.3. The van der Waals surface area contributed by atoms with Gasteiger partial charge in [-0.05, 0) is 27.7 Å². The molecule has 0 spiro atoms. The summed E-state index contributed by atoms with van der Waals surface area (Å²) < 4.78 is 32.5. The summed E-state index contributed by atoms with van der Waals surface area (Å²) in [5.74, 6) is -1.42. The van der Waals surface area contributed by atoms with Gasteiger partial charge in [-0.25, -0.2) is 0 Å². The second-order valence-corrected chi connectivity index (χ2v) is 2.87. The van der Waals surface area contributed by atoms with Crippen LogP contribution >= 0.6 is 0 Å². The number of hydrogen-bond acceptors (Lipinski definition) is 3. The Kier molecular flexibility index (Phi) is 19.7. The van der Waals surface area contributed by atoms with Crippen LogP contribution in [0.4, 0.5) is 13.2 Å². The van der Waals surface area contributed by atoms with Gasteiger partial charge in [-0.1, -0.05) is 0 Å². The van der Waals surface area contributed by atoms with Crippen molar-refractivity contribution in [2.75, 3.05) is 0 Å². The van der Waals surface area contributed by atoms with Crippen LogP contribution in [0, 0.1) is 0 Å². The van der Waals surface area contributed by atoms with E-state index in [-0.39, 0.29) is 37.8 Å². The third-order valence-electron chi connectivity index (χ3n) is 0.399. The first-order chi connectivity index (χ1) is 6.41. The maximum absolute atomic E-state index is 10.8. The Morgan fingerprint density at radius 2 is 0.812 bits per heavy atom. The largest absolute Gasteiger partial charge is 4.00 e. The van der Waals surface area contributed by atoms with Gasteiger partial charge < -0.3 is 9.59 Å². The second kappa shape index (κ2) is 12.8. The first-order valence-electron chi connectivity index (χ1n) is 3.93. The van der Waals surface area contributed by atoms with Gasteiger partial charge in [0.2, 0.25) is 5.78 Å². The van der Waals surface area contributed by atoms with Gasteiger partial charge in [-0.15, -0.1) is 0 Å². The smallest absolute Gasteiger partial charge is 0.300 e. The molecule has 0 bridgehead atoms. The van der Waals surface area contributed by atoms with Crippen LogP contribution in [0.5, 0.6) is 0 Å². The quantitative estimate of drug-likeness (QED) is 0.688. The summed E-state index contributed by atoms with van der Waals surface area (Å²) >= 11 is 0. The van der Waals surface area contributed by atoms with Crippen LogP contribution < -0.4 is 0 Å². The molecule has 0 saturated heterocycles. The average Bonchev–Trinajstić information content (AvgIpc) is 1.80. The van der Waals surface area contributed by atoms with Gasteiger partial charge in [0.25, 0.3) is 0 Å². The van der Waals surface area contributed by atoms with Crippen molar-refractivity contribution < 1.29 is 53.8 Å². The van der Waals surface area contributed by atoms with Crippen LogP contribution in [-0.2, 0) is 40.6 Å². The monoisotopic (exact) mass is 318 g/mol.